The van der Waals surface area contributed by atoms with Crippen LogP contribution in [0.2, 0.25) is 0 Å². The minimum atomic E-state index is -0.136. The Hall–Kier alpha value is -2.22. The molecule has 0 bridgehead atoms. The van der Waals surface area contributed by atoms with E-state index in [0.29, 0.717) is 19.7 Å². The molecule has 0 N–H and O–H groups in total. The van der Waals surface area contributed by atoms with E-state index in [2.05, 4.69) is 22.1 Å². The topological polar surface area (TPSA) is 78.1 Å². The normalized spacial score (nSPS) is 19.9. The van der Waals surface area contributed by atoms with Gasteiger partial charge in [0.05, 0.1) is 18.5 Å². The van der Waals surface area contributed by atoms with Gasteiger partial charge >= 0.3 is 0 Å². The Labute approximate surface area is 146 Å². The lowest BCUT2D eigenvalue weighted by Crippen LogP contribution is -2.40. The molecular weight excluding hydrogens is 320 g/mol. The van der Waals surface area contributed by atoms with E-state index >= 15 is 0 Å². The number of aryl methyl sites for hydroxylation is 2. The maximum absolute atomic E-state index is 12.8. The third kappa shape index (κ3) is 3.30. The fourth-order valence-electron chi connectivity index (χ4n) is 3.43. The van der Waals surface area contributed by atoms with E-state index in [1.807, 2.05) is 15.8 Å². The summed E-state index contributed by atoms with van der Waals surface area (Å²) in [5.74, 6) is 0.974. The fourth-order valence-corrected chi connectivity index (χ4v) is 3.43. The third-order valence-electron chi connectivity index (χ3n) is 4.90. The quantitative estimate of drug-likeness (QED) is 0.787. The molecule has 1 fully saturated rings. The Morgan fingerprint density at radius 3 is 2.88 bits per heavy atom. The highest BCUT2D eigenvalue weighted by Crippen LogP contribution is 2.32. The van der Waals surface area contributed by atoms with Gasteiger partial charge in [-0.2, -0.15) is 5.10 Å². The predicted octanol–water partition coefficient (Wildman–Crippen LogP) is 1.20. The minimum absolute atomic E-state index is 0.136. The smallest absolute Gasteiger partial charge is 0.293 e. The number of hydrogen-bond acceptors (Lipinski definition) is 5. The van der Waals surface area contributed by atoms with Crippen molar-refractivity contribution in [2.45, 2.75) is 38.8 Å². The van der Waals surface area contributed by atoms with Crippen molar-refractivity contribution in [1.29, 1.82) is 0 Å². The lowest BCUT2D eigenvalue weighted by molar-refractivity contribution is 0.0609. The van der Waals surface area contributed by atoms with Crippen LogP contribution in [0, 0.1) is 5.92 Å². The standard InChI is InChI=1S/C17H24N6O2/c1-3-23-15-13(6-19-23)7-22(17(24)16-18-11-21(2)20-16)8-14(15)10-25-9-12-4-5-12/h6,11-12,14H,3-5,7-10H2,1-2H3. The van der Waals surface area contributed by atoms with Crippen LogP contribution in [0.15, 0.2) is 12.5 Å². The highest BCUT2D eigenvalue weighted by atomic mass is 16.5. The second-order valence-corrected chi connectivity index (χ2v) is 6.98. The molecule has 2 aromatic rings. The maximum Gasteiger partial charge on any atom is 0.293 e. The second kappa shape index (κ2) is 6.59. The number of fused-ring (bicyclic) bond motifs is 1. The van der Waals surface area contributed by atoms with Gasteiger partial charge in [-0.15, -0.1) is 5.10 Å². The molecule has 1 amide bonds. The van der Waals surface area contributed by atoms with Crippen molar-refractivity contribution in [1.82, 2.24) is 29.4 Å². The van der Waals surface area contributed by atoms with Gasteiger partial charge in [0.2, 0.25) is 5.82 Å². The molecule has 0 radical (unpaired) electrons. The number of amides is 1. The Morgan fingerprint density at radius 2 is 2.20 bits per heavy atom. The zero-order chi connectivity index (χ0) is 17.4. The van der Waals surface area contributed by atoms with E-state index in [0.717, 1.165) is 24.6 Å². The molecule has 0 aromatic carbocycles. The van der Waals surface area contributed by atoms with Gasteiger partial charge in [0, 0.05) is 44.8 Å². The lowest BCUT2D eigenvalue weighted by atomic mass is 9.96. The van der Waals surface area contributed by atoms with E-state index in [4.69, 9.17) is 4.74 Å². The number of carbonyl (C=O) groups excluding carboxylic acids is 1. The first-order valence-corrected chi connectivity index (χ1v) is 8.93. The summed E-state index contributed by atoms with van der Waals surface area (Å²) in [7, 11) is 1.76. The summed E-state index contributed by atoms with van der Waals surface area (Å²) in [6.45, 7) is 5.51. The van der Waals surface area contributed by atoms with E-state index in [-0.39, 0.29) is 17.6 Å². The first-order valence-electron chi connectivity index (χ1n) is 8.93. The first kappa shape index (κ1) is 16.3. The first-order chi connectivity index (χ1) is 12.2. The summed E-state index contributed by atoms with van der Waals surface area (Å²) in [5.41, 5.74) is 2.30. The van der Waals surface area contributed by atoms with E-state index in [9.17, 15) is 4.79 Å². The fraction of sp³-hybridized carbons (Fsp3) is 0.647. The van der Waals surface area contributed by atoms with Gasteiger partial charge in [-0.1, -0.05) is 0 Å². The van der Waals surface area contributed by atoms with Crippen molar-refractivity contribution in [2.75, 3.05) is 19.8 Å². The molecule has 1 aliphatic carbocycles. The van der Waals surface area contributed by atoms with Gasteiger partial charge in [0.25, 0.3) is 5.91 Å². The van der Waals surface area contributed by atoms with Gasteiger partial charge < -0.3 is 9.64 Å². The minimum Gasteiger partial charge on any atom is -0.380 e. The molecule has 2 aromatic heterocycles. The van der Waals surface area contributed by atoms with Crippen molar-refractivity contribution in [3.63, 3.8) is 0 Å². The van der Waals surface area contributed by atoms with Crippen molar-refractivity contribution in [2.24, 2.45) is 13.0 Å². The van der Waals surface area contributed by atoms with Gasteiger partial charge in [-0.25, -0.2) is 4.98 Å². The summed E-state index contributed by atoms with van der Waals surface area (Å²) in [4.78, 5) is 18.7. The number of carbonyl (C=O) groups is 1. The number of rotatable bonds is 6. The molecule has 1 aliphatic heterocycles. The Balaban J connectivity index is 1.53. The Kier molecular flexibility index (Phi) is 4.29. The van der Waals surface area contributed by atoms with Crippen LogP contribution in [0.25, 0.3) is 0 Å². The molecule has 1 atom stereocenters. The summed E-state index contributed by atoms with van der Waals surface area (Å²) in [6.07, 6.45) is 5.98. The molecule has 8 nitrogen and oxygen atoms in total. The van der Waals surface area contributed by atoms with Crippen LogP contribution in [-0.4, -0.2) is 55.1 Å². The summed E-state index contributed by atoms with van der Waals surface area (Å²) in [6, 6.07) is 0. The molecule has 134 valence electrons. The molecule has 8 heteroatoms. The zero-order valence-corrected chi connectivity index (χ0v) is 14.8. The molecule has 4 rings (SSSR count). The van der Waals surface area contributed by atoms with Crippen LogP contribution >= 0.6 is 0 Å². The highest BCUT2D eigenvalue weighted by Gasteiger charge is 2.33. The van der Waals surface area contributed by atoms with Gasteiger partial charge in [-0.05, 0) is 25.7 Å². The van der Waals surface area contributed by atoms with Crippen LogP contribution in [0.4, 0.5) is 0 Å². The van der Waals surface area contributed by atoms with Gasteiger partial charge in [0.15, 0.2) is 0 Å². The molecular formula is C17H24N6O2. The van der Waals surface area contributed by atoms with E-state index in [1.54, 1.807) is 18.1 Å². The summed E-state index contributed by atoms with van der Waals surface area (Å²) in [5, 5.41) is 8.62. The number of nitrogens with zero attached hydrogens (tertiary/aromatic N) is 6. The Morgan fingerprint density at radius 1 is 1.36 bits per heavy atom. The van der Waals surface area contributed by atoms with Crippen LogP contribution in [0.5, 0.6) is 0 Å². The third-order valence-corrected chi connectivity index (χ3v) is 4.90. The molecule has 1 saturated carbocycles. The predicted molar refractivity (Wildman–Crippen MR) is 89.9 cm³/mol. The SMILES string of the molecule is CCn1ncc2c1C(COCC1CC1)CN(C(=O)c1ncn(C)n1)C2. The van der Waals surface area contributed by atoms with E-state index < -0.39 is 0 Å². The maximum atomic E-state index is 12.8. The molecule has 1 unspecified atom stereocenters. The number of aromatic nitrogens is 5. The molecule has 0 spiro atoms. The summed E-state index contributed by atoms with van der Waals surface area (Å²) >= 11 is 0. The molecule has 0 saturated heterocycles. The van der Waals surface area contributed by atoms with Crippen LogP contribution < -0.4 is 0 Å². The Bertz CT molecular complexity index is 763. The van der Waals surface area contributed by atoms with Crippen molar-refractivity contribution in [3.8, 4) is 0 Å². The zero-order valence-electron chi connectivity index (χ0n) is 14.8. The largest absolute Gasteiger partial charge is 0.380 e. The van der Waals surface area contributed by atoms with Crippen molar-refractivity contribution in [3.05, 3.63) is 29.6 Å². The average Bonchev–Trinajstić information content (AvgIpc) is 3.17. The van der Waals surface area contributed by atoms with Crippen molar-refractivity contribution >= 4 is 5.91 Å². The van der Waals surface area contributed by atoms with Crippen LogP contribution in [0.1, 0.15) is 47.6 Å². The van der Waals surface area contributed by atoms with Gasteiger partial charge in [0.1, 0.15) is 6.33 Å². The van der Waals surface area contributed by atoms with Gasteiger partial charge in [-0.3, -0.25) is 14.2 Å². The van der Waals surface area contributed by atoms with Crippen LogP contribution in [0.3, 0.4) is 0 Å². The highest BCUT2D eigenvalue weighted by molar-refractivity contribution is 5.90. The van der Waals surface area contributed by atoms with Crippen LogP contribution in [-0.2, 0) is 24.9 Å². The molecule has 2 aliphatic rings. The molecule has 3 heterocycles. The number of hydrogen-bond donors (Lipinski definition) is 0. The lowest BCUT2D eigenvalue weighted by Gasteiger charge is -2.32. The van der Waals surface area contributed by atoms with Crippen molar-refractivity contribution < 1.29 is 9.53 Å². The average molecular weight is 344 g/mol. The second-order valence-electron chi connectivity index (χ2n) is 6.98. The number of ether oxygens (including phenoxy) is 1. The monoisotopic (exact) mass is 344 g/mol. The molecule has 25 heavy (non-hydrogen) atoms. The van der Waals surface area contributed by atoms with E-state index in [1.165, 1.54) is 18.5 Å². The summed E-state index contributed by atoms with van der Waals surface area (Å²) < 4.78 is 9.52.